The second kappa shape index (κ2) is 10.3. The highest BCUT2D eigenvalue weighted by molar-refractivity contribution is 6.34. The Hall–Kier alpha value is -2.14. The van der Waals surface area contributed by atoms with Crippen molar-refractivity contribution in [3.05, 3.63) is 64.4 Å². The summed E-state index contributed by atoms with van der Waals surface area (Å²) in [6, 6.07) is 7.91. The van der Waals surface area contributed by atoms with Gasteiger partial charge in [-0.05, 0) is 24.8 Å². The molecular formula is C21H25ClF2N2O. The first-order valence-corrected chi connectivity index (χ1v) is 9.01. The van der Waals surface area contributed by atoms with Crippen LogP contribution >= 0.6 is 11.6 Å². The molecule has 6 heteroatoms. The fourth-order valence-corrected chi connectivity index (χ4v) is 2.56. The van der Waals surface area contributed by atoms with E-state index >= 15 is 0 Å². The number of aliphatic imine (C=N–C) groups is 1. The van der Waals surface area contributed by atoms with Crippen LogP contribution in [0.5, 0.6) is 0 Å². The molecule has 146 valence electrons. The molecule has 0 atom stereocenters. The van der Waals surface area contributed by atoms with Crippen molar-refractivity contribution in [3.63, 3.8) is 0 Å². The van der Waals surface area contributed by atoms with Gasteiger partial charge in [-0.1, -0.05) is 57.0 Å². The van der Waals surface area contributed by atoms with E-state index in [4.69, 9.17) is 11.6 Å². The Morgan fingerprint density at radius 1 is 1.19 bits per heavy atom. The van der Waals surface area contributed by atoms with Crippen molar-refractivity contribution in [2.45, 2.75) is 40.5 Å². The van der Waals surface area contributed by atoms with Gasteiger partial charge in [-0.25, -0.2) is 8.78 Å². The summed E-state index contributed by atoms with van der Waals surface area (Å²) in [5.74, 6) is -2.47. The molecular weight excluding hydrogens is 370 g/mol. The van der Waals surface area contributed by atoms with E-state index in [1.807, 2.05) is 31.3 Å². The zero-order chi connectivity index (χ0) is 20.6. The van der Waals surface area contributed by atoms with Crippen LogP contribution in [0.4, 0.5) is 8.78 Å². The molecule has 1 aromatic heterocycles. The maximum atomic E-state index is 12.6. The van der Waals surface area contributed by atoms with Crippen LogP contribution in [-0.2, 0) is 0 Å². The first-order chi connectivity index (χ1) is 12.6. The van der Waals surface area contributed by atoms with Crippen molar-refractivity contribution in [2.24, 2.45) is 10.4 Å². The smallest absolute Gasteiger partial charge is 0.165 e. The van der Waals surface area contributed by atoms with Crippen LogP contribution < -0.4 is 0 Å². The molecule has 2 aromatic rings. The number of rotatable bonds is 5. The van der Waals surface area contributed by atoms with Crippen molar-refractivity contribution < 1.29 is 13.6 Å². The van der Waals surface area contributed by atoms with Crippen LogP contribution in [0.25, 0.3) is 0 Å². The SMILES string of the molecule is CC(=O)c1c(F)cncc1F.CCC(C)(C)CC(=NC)c1ccccc1Cl. The summed E-state index contributed by atoms with van der Waals surface area (Å²) in [4.78, 5) is 18.2. The molecule has 0 aliphatic heterocycles. The minimum atomic E-state index is -0.919. The van der Waals surface area contributed by atoms with E-state index in [1.165, 1.54) is 0 Å². The summed E-state index contributed by atoms with van der Waals surface area (Å²) >= 11 is 6.19. The Morgan fingerprint density at radius 3 is 2.15 bits per heavy atom. The van der Waals surface area contributed by atoms with Gasteiger partial charge >= 0.3 is 0 Å². The number of benzene rings is 1. The molecule has 2 rings (SSSR count). The monoisotopic (exact) mass is 394 g/mol. The molecule has 27 heavy (non-hydrogen) atoms. The van der Waals surface area contributed by atoms with Crippen LogP contribution in [0.3, 0.4) is 0 Å². The zero-order valence-corrected chi connectivity index (χ0v) is 17.1. The van der Waals surface area contributed by atoms with Gasteiger partial charge in [-0.15, -0.1) is 0 Å². The van der Waals surface area contributed by atoms with Gasteiger partial charge in [-0.2, -0.15) is 0 Å². The second-order valence-electron chi connectivity index (χ2n) is 6.88. The number of carbonyl (C=O) groups excluding carboxylic acids is 1. The third kappa shape index (κ3) is 6.83. The van der Waals surface area contributed by atoms with Gasteiger partial charge in [0, 0.05) is 23.3 Å². The normalized spacial score (nSPS) is 11.6. The molecule has 3 nitrogen and oxygen atoms in total. The fraction of sp³-hybridized carbons (Fsp3) is 0.381. The molecule has 1 heterocycles. The molecule has 0 unspecified atom stereocenters. The molecule has 0 saturated heterocycles. The minimum absolute atomic E-state index is 0.272. The Kier molecular flexibility index (Phi) is 8.70. The predicted molar refractivity (Wildman–Crippen MR) is 107 cm³/mol. The first-order valence-electron chi connectivity index (χ1n) is 8.63. The van der Waals surface area contributed by atoms with Crippen molar-refractivity contribution in [1.29, 1.82) is 0 Å². The Labute approximate surface area is 164 Å². The van der Waals surface area contributed by atoms with E-state index in [2.05, 4.69) is 30.7 Å². The average molecular weight is 395 g/mol. The van der Waals surface area contributed by atoms with Gasteiger partial charge < -0.3 is 0 Å². The number of nitrogens with zero attached hydrogens (tertiary/aromatic N) is 2. The number of carbonyl (C=O) groups is 1. The summed E-state index contributed by atoms with van der Waals surface area (Å²) in [7, 11) is 1.84. The molecule has 0 amide bonds. The van der Waals surface area contributed by atoms with Gasteiger partial charge in [0.15, 0.2) is 17.4 Å². The Bertz CT molecular complexity index is 799. The number of hydrogen-bond donors (Lipinski definition) is 0. The van der Waals surface area contributed by atoms with Gasteiger partial charge in [0.05, 0.1) is 18.0 Å². The second-order valence-corrected chi connectivity index (χ2v) is 7.29. The van der Waals surface area contributed by atoms with E-state index in [0.717, 1.165) is 48.5 Å². The van der Waals surface area contributed by atoms with Crippen LogP contribution in [0, 0.1) is 17.0 Å². The summed E-state index contributed by atoms with van der Waals surface area (Å²) in [5.41, 5.74) is 1.90. The maximum Gasteiger partial charge on any atom is 0.165 e. The largest absolute Gasteiger partial charge is 0.294 e. The maximum absolute atomic E-state index is 12.6. The van der Waals surface area contributed by atoms with E-state index in [1.54, 1.807) is 0 Å². The molecule has 0 N–H and O–H groups in total. The summed E-state index contributed by atoms with van der Waals surface area (Å²) in [6.07, 6.45) is 3.71. The fourth-order valence-electron chi connectivity index (χ4n) is 2.32. The molecule has 1 aromatic carbocycles. The number of ketones is 1. The van der Waals surface area contributed by atoms with Gasteiger partial charge in [-0.3, -0.25) is 14.8 Å². The van der Waals surface area contributed by atoms with Crippen molar-refractivity contribution >= 4 is 23.1 Å². The lowest BCUT2D eigenvalue weighted by molar-refractivity contribution is 0.100. The van der Waals surface area contributed by atoms with Crippen molar-refractivity contribution in [2.75, 3.05) is 7.05 Å². The number of halogens is 3. The predicted octanol–water partition coefficient (Wildman–Crippen LogP) is 6.15. The topological polar surface area (TPSA) is 42.3 Å². The average Bonchev–Trinajstić information content (AvgIpc) is 2.60. The van der Waals surface area contributed by atoms with E-state index < -0.39 is 23.0 Å². The lowest BCUT2D eigenvalue weighted by atomic mass is 9.83. The van der Waals surface area contributed by atoms with Gasteiger partial charge in [0.1, 0.15) is 0 Å². The van der Waals surface area contributed by atoms with Gasteiger partial charge in [0.25, 0.3) is 0 Å². The highest BCUT2D eigenvalue weighted by Gasteiger charge is 2.20. The highest BCUT2D eigenvalue weighted by atomic mass is 35.5. The number of pyridine rings is 1. The third-order valence-corrected chi connectivity index (χ3v) is 4.59. The molecule has 0 aliphatic carbocycles. The molecule has 0 aliphatic rings. The van der Waals surface area contributed by atoms with Crippen LogP contribution in [-0.4, -0.2) is 23.5 Å². The van der Waals surface area contributed by atoms with E-state index in [-0.39, 0.29) is 5.41 Å². The Morgan fingerprint density at radius 2 is 1.74 bits per heavy atom. The number of hydrogen-bond acceptors (Lipinski definition) is 3. The minimum Gasteiger partial charge on any atom is -0.294 e. The summed E-state index contributed by atoms with van der Waals surface area (Å²) < 4.78 is 25.2. The first kappa shape index (κ1) is 22.9. The standard InChI is InChI=1S/C14H20ClN.C7H5F2NO/c1-5-14(2,3)10-13(16-4)11-8-6-7-9-12(11)15;1-4(11)7-5(8)2-10-3-6(7)9/h6-9H,5,10H2,1-4H3;2-3H,1H3. The van der Waals surface area contributed by atoms with Gasteiger partial charge in [0.2, 0.25) is 0 Å². The molecule has 0 bridgehead atoms. The molecule has 0 saturated carbocycles. The number of aromatic nitrogens is 1. The van der Waals surface area contributed by atoms with Crippen molar-refractivity contribution in [3.8, 4) is 0 Å². The van der Waals surface area contributed by atoms with Crippen molar-refractivity contribution in [1.82, 2.24) is 4.98 Å². The molecule has 0 spiro atoms. The quantitative estimate of drug-likeness (QED) is 0.451. The lowest BCUT2D eigenvalue weighted by Gasteiger charge is -2.23. The zero-order valence-electron chi connectivity index (χ0n) is 16.3. The number of Topliss-reactive ketones (excluding diaryl/α,β-unsaturated/α-hetero) is 1. The highest BCUT2D eigenvalue weighted by Crippen LogP contribution is 2.28. The summed E-state index contributed by atoms with van der Waals surface area (Å²) in [5, 5.41) is 0.787. The van der Waals surface area contributed by atoms with Crippen LogP contribution in [0.2, 0.25) is 5.02 Å². The molecule has 0 radical (unpaired) electrons. The van der Waals surface area contributed by atoms with Crippen LogP contribution in [0.15, 0.2) is 41.7 Å². The Balaban J connectivity index is 0.000000289. The molecule has 0 fully saturated rings. The van der Waals surface area contributed by atoms with Crippen LogP contribution in [0.1, 0.15) is 56.5 Å². The lowest BCUT2D eigenvalue weighted by Crippen LogP contribution is -2.17. The van der Waals surface area contributed by atoms with E-state index in [9.17, 15) is 13.6 Å². The summed E-state index contributed by atoms with van der Waals surface area (Å²) in [6.45, 7) is 7.82. The van der Waals surface area contributed by atoms with E-state index in [0.29, 0.717) is 0 Å². The third-order valence-electron chi connectivity index (χ3n) is 4.26.